The molecule has 6 nitrogen and oxygen atoms in total. The van der Waals surface area contributed by atoms with Crippen molar-refractivity contribution < 1.29 is 17.9 Å². The molecule has 1 aliphatic rings. The van der Waals surface area contributed by atoms with E-state index in [0.717, 1.165) is 17.7 Å². The molecule has 1 amide bonds. The van der Waals surface area contributed by atoms with Crippen LogP contribution in [0.3, 0.4) is 0 Å². The van der Waals surface area contributed by atoms with E-state index >= 15 is 0 Å². The maximum absolute atomic E-state index is 13.0. The number of fused-ring (bicyclic) bond motifs is 1. The Hall–Kier alpha value is -2.38. The average Bonchev–Trinajstić information content (AvgIpc) is 3.02. The van der Waals surface area contributed by atoms with E-state index in [-0.39, 0.29) is 29.9 Å². The van der Waals surface area contributed by atoms with Crippen LogP contribution in [0.4, 0.5) is 5.69 Å². The maximum Gasteiger partial charge on any atom is 0.243 e. The number of amides is 1. The quantitative estimate of drug-likeness (QED) is 0.714. The fourth-order valence-electron chi connectivity index (χ4n) is 3.56. The van der Waals surface area contributed by atoms with E-state index in [0.29, 0.717) is 12.4 Å². The van der Waals surface area contributed by atoms with Gasteiger partial charge in [-0.25, -0.2) is 8.42 Å². The number of rotatable bonds is 7. The van der Waals surface area contributed by atoms with Crippen molar-refractivity contribution in [2.75, 3.05) is 24.6 Å². The highest BCUT2D eigenvalue weighted by Crippen LogP contribution is 2.32. The first-order chi connectivity index (χ1) is 13.4. The number of carbonyl (C=O) groups is 1. The second kappa shape index (κ2) is 8.32. The number of hydrogen-bond donors (Lipinski definition) is 0. The summed E-state index contributed by atoms with van der Waals surface area (Å²) in [6.07, 6.45) is 0.777. The van der Waals surface area contributed by atoms with Gasteiger partial charge in [0.2, 0.25) is 15.9 Å². The third kappa shape index (κ3) is 3.91. The van der Waals surface area contributed by atoms with Crippen molar-refractivity contribution in [1.29, 1.82) is 0 Å². The fourth-order valence-corrected chi connectivity index (χ4v) is 4.96. The van der Waals surface area contributed by atoms with Gasteiger partial charge in [-0.15, -0.1) is 0 Å². The largest absolute Gasteiger partial charge is 0.494 e. The lowest BCUT2D eigenvalue weighted by atomic mass is 10.1. The molecule has 28 heavy (non-hydrogen) atoms. The van der Waals surface area contributed by atoms with Crippen LogP contribution in [-0.2, 0) is 21.2 Å². The molecule has 0 unspecified atom stereocenters. The van der Waals surface area contributed by atoms with Crippen molar-refractivity contribution in [3.8, 4) is 5.75 Å². The lowest BCUT2D eigenvalue weighted by molar-refractivity contribution is -0.119. The Morgan fingerprint density at radius 1 is 1.14 bits per heavy atom. The van der Waals surface area contributed by atoms with Gasteiger partial charge in [0.05, 0.1) is 18.0 Å². The molecular weight excluding hydrogens is 376 g/mol. The Bertz CT molecular complexity index is 941. The highest BCUT2D eigenvalue weighted by atomic mass is 32.2. The van der Waals surface area contributed by atoms with Crippen LogP contribution >= 0.6 is 0 Å². The predicted molar refractivity (Wildman–Crippen MR) is 109 cm³/mol. The van der Waals surface area contributed by atoms with E-state index in [1.807, 2.05) is 38.1 Å². The number of para-hydroxylation sites is 1. The predicted octanol–water partition coefficient (Wildman–Crippen LogP) is 3.07. The van der Waals surface area contributed by atoms with E-state index in [2.05, 4.69) is 0 Å². The Labute approximate surface area is 166 Å². The van der Waals surface area contributed by atoms with Crippen molar-refractivity contribution in [1.82, 2.24) is 4.31 Å². The van der Waals surface area contributed by atoms with Crippen LogP contribution in [0.1, 0.15) is 26.3 Å². The second-order valence-corrected chi connectivity index (χ2v) is 8.72. The van der Waals surface area contributed by atoms with Gasteiger partial charge in [-0.05, 0) is 56.2 Å². The summed E-state index contributed by atoms with van der Waals surface area (Å²) in [5.74, 6) is 0.400. The SMILES string of the molecule is CCOc1ccc(S(=O)(=O)N(CC)CC(=O)N2c3ccccc3C[C@@H]2C)cc1. The zero-order valence-electron chi connectivity index (χ0n) is 16.5. The van der Waals surface area contributed by atoms with Crippen LogP contribution in [-0.4, -0.2) is 44.4 Å². The molecule has 1 heterocycles. The number of nitrogens with zero attached hydrogens (tertiary/aromatic N) is 2. The van der Waals surface area contributed by atoms with Gasteiger partial charge in [0.25, 0.3) is 0 Å². The monoisotopic (exact) mass is 402 g/mol. The Kier molecular flexibility index (Phi) is 6.05. The first-order valence-electron chi connectivity index (χ1n) is 9.51. The van der Waals surface area contributed by atoms with Crippen LogP contribution in [0.2, 0.25) is 0 Å². The summed E-state index contributed by atoms with van der Waals surface area (Å²) in [7, 11) is -3.77. The standard InChI is InChI=1S/C21H26N2O4S/c1-4-22(28(25,26)19-12-10-18(11-13-19)27-5-2)15-21(24)23-16(3)14-17-8-6-7-9-20(17)23/h6-13,16H,4-5,14-15H2,1-3H3/t16-/m0/s1. The highest BCUT2D eigenvalue weighted by Gasteiger charge is 2.33. The summed E-state index contributed by atoms with van der Waals surface area (Å²) in [6.45, 7) is 6.12. The summed E-state index contributed by atoms with van der Waals surface area (Å²) in [6, 6.07) is 14.1. The molecule has 2 aromatic rings. The average molecular weight is 403 g/mol. The topological polar surface area (TPSA) is 66.9 Å². The molecule has 0 aromatic heterocycles. The summed E-state index contributed by atoms with van der Waals surface area (Å²) in [5, 5.41) is 0. The third-order valence-electron chi connectivity index (χ3n) is 4.91. The minimum atomic E-state index is -3.77. The Morgan fingerprint density at radius 2 is 1.82 bits per heavy atom. The van der Waals surface area contributed by atoms with Crippen molar-refractivity contribution in [2.24, 2.45) is 0 Å². The maximum atomic E-state index is 13.0. The van der Waals surface area contributed by atoms with E-state index in [1.54, 1.807) is 24.0 Å². The molecule has 150 valence electrons. The number of anilines is 1. The first kappa shape index (κ1) is 20.4. The second-order valence-electron chi connectivity index (χ2n) is 6.78. The number of ether oxygens (including phenoxy) is 1. The van der Waals surface area contributed by atoms with E-state index in [4.69, 9.17) is 4.74 Å². The van der Waals surface area contributed by atoms with Crippen molar-refractivity contribution in [3.63, 3.8) is 0 Å². The molecule has 7 heteroatoms. The fraction of sp³-hybridized carbons (Fsp3) is 0.381. The van der Waals surface area contributed by atoms with Crippen LogP contribution in [0.5, 0.6) is 5.75 Å². The summed E-state index contributed by atoms with van der Waals surface area (Å²) in [5.41, 5.74) is 1.98. The lowest BCUT2D eigenvalue weighted by Gasteiger charge is -2.27. The smallest absolute Gasteiger partial charge is 0.243 e. The molecule has 0 bridgehead atoms. The van der Waals surface area contributed by atoms with Gasteiger partial charge in [0.1, 0.15) is 5.75 Å². The van der Waals surface area contributed by atoms with Crippen molar-refractivity contribution >= 4 is 21.6 Å². The van der Waals surface area contributed by atoms with Gasteiger partial charge < -0.3 is 9.64 Å². The molecule has 2 aromatic carbocycles. The molecular formula is C21H26N2O4S. The Balaban J connectivity index is 1.80. The molecule has 0 saturated heterocycles. The number of sulfonamides is 1. The van der Waals surface area contributed by atoms with Crippen molar-refractivity contribution in [2.45, 2.75) is 38.1 Å². The zero-order chi connectivity index (χ0) is 20.3. The van der Waals surface area contributed by atoms with Crippen LogP contribution in [0.15, 0.2) is 53.4 Å². The van der Waals surface area contributed by atoms with Gasteiger partial charge in [0.15, 0.2) is 0 Å². The molecule has 1 aliphatic heterocycles. The summed E-state index contributed by atoms with van der Waals surface area (Å²) >= 11 is 0. The Morgan fingerprint density at radius 3 is 2.46 bits per heavy atom. The number of likely N-dealkylation sites (N-methyl/N-ethyl adjacent to an activating group) is 1. The van der Waals surface area contributed by atoms with E-state index in [1.165, 1.54) is 16.4 Å². The van der Waals surface area contributed by atoms with Crippen LogP contribution in [0.25, 0.3) is 0 Å². The van der Waals surface area contributed by atoms with Gasteiger partial charge in [-0.2, -0.15) is 4.31 Å². The molecule has 1 atom stereocenters. The van der Waals surface area contributed by atoms with Gasteiger partial charge >= 0.3 is 0 Å². The highest BCUT2D eigenvalue weighted by molar-refractivity contribution is 7.89. The molecule has 3 rings (SSSR count). The molecule has 0 spiro atoms. The summed E-state index contributed by atoms with van der Waals surface area (Å²) < 4.78 is 32.6. The van der Waals surface area contributed by atoms with Crippen LogP contribution < -0.4 is 9.64 Å². The van der Waals surface area contributed by atoms with Gasteiger partial charge in [-0.1, -0.05) is 25.1 Å². The number of benzene rings is 2. The van der Waals surface area contributed by atoms with Crippen molar-refractivity contribution in [3.05, 3.63) is 54.1 Å². The third-order valence-corrected chi connectivity index (χ3v) is 6.85. The van der Waals surface area contributed by atoms with E-state index < -0.39 is 10.0 Å². The number of carbonyl (C=O) groups excluding carboxylic acids is 1. The minimum Gasteiger partial charge on any atom is -0.494 e. The van der Waals surface area contributed by atoms with Gasteiger partial charge in [0, 0.05) is 18.3 Å². The lowest BCUT2D eigenvalue weighted by Crippen LogP contribution is -2.45. The van der Waals surface area contributed by atoms with Gasteiger partial charge in [-0.3, -0.25) is 4.79 Å². The minimum absolute atomic E-state index is 0.0109. The first-order valence-corrected chi connectivity index (χ1v) is 11.0. The molecule has 0 aliphatic carbocycles. The normalized spacial score (nSPS) is 16.3. The molecule has 0 N–H and O–H groups in total. The summed E-state index contributed by atoms with van der Waals surface area (Å²) in [4.78, 5) is 14.9. The van der Waals surface area contributed by atoms with E-state index in [9.17, 15) is 13.2 Å². The number of hydrogen-bond acceptors (Lipinski definition) is 4. The molecule has 0 fully saturated rings. The van der Waals surface area contributed by atoms with Crippen LogP contribution in [0, 0.1) is 0 Å². The zero-order valence-corrected chi connectivity index (χ0v) is 17.3. The molecule has 0 radical (unpaired) electrons. The molecule has 0 saturated carbocycles.